The summed E-state index contributed by atoms with van der Waals surface area (Å²) in [6.07, 6.45) is 11.0. The molecule has 0 spiro atoms. The maximum absolute atomic E-state index is 9.94. The third-order valence-corrected chi connectivity index (χ3v) is 4.95. The number of aliphatic hydroxyl groups excluding tert-OH is 2. The summed E-state index contributed by atoms with van der Waals surface area (Å²) in [4.78, 5) is 0.867. The molecule has 0 fully saturated rings. The van der Waals surface area contributed by atoms with Crippen LogP contribution in [0.3, 0.4) is 0 Å². The van der Waals surface area contributed by atoms with Gasteiger partial charge in [-0.25, -0.2) is 0 Å². The first-order valence-corrected chi connectivity index (χ1v) is 9.18. The molecule has 1 heterocycles. The van der Waals surface area contributed by atoms with Crippen LogP contribution in [-0.4, -0.2) is 22.9 Å². The van der Waals surface area contributed by atoms with Crippen molar-refractivity contribution >= 4 is 11.3 Å². The smallest absolute Gasteiger partial charge is 0.105 e. The molecule has 1 rings (SSSR count). The molecule has 21 heavy (non-hydrogen) atoms. The maximum atomic E-state index is 9.94. The summed E-state index contributed by atoms with van der Waals surface area (Å²) in [5, 5.41) is 21.0. The number of hydrogen-bond donors (Lipinski definition) is 3. The molecule has 0 amide bonds. The molecule has 1 aromatic heterocycles. The zero-order valence-corrected chi connectivity index (χ0v) is 14.1. The van der Waals surface area contributed by atoms with Gasteiger partial charge in [-0.1, -0.05) is 51.9 Å². The fourth-order valence-electron chi connectivity index (χ4n) is 2.45. The average Bonchev–Trinajstić information content (AvgIpc) is 2.97. The van der Waals surface area contributed by atoms with Crippen LogP contribution in [0, 0.1) is 0 Å². The summed E-state index contributed by atoms with van der Waals surface area (Å²) in [5.74, 6) is 0. The number of hydrogen-bond acceptors (Lipinski definition) is 4. The number of aryl methyl sites for hydroxylation is 1. The summed E-state index contributed by atoms with van der Waals surface area (Å²) >= 11 is 1.54. The number of rotatable bonds is 12. The molecule has 0 radical (unpaired) electrons. The molecule has 0 bridgehead atoms. The lowest BCUT2D eigenvalue weighted by Gasteiger charge is -2.14. The molecule has 1 aromatic rings. The monoisotopic (exact) mass is 313 g/mol. The molecule has 0 aliphatic rings. The second kappa shape index (κ2) is 11.2. The first kappa shape index (κ1) is 18.6. The SMILES string of the molecule is CCCCCCCCCCc1csc(C(O)C(N)CO)c1. The summed E-state index contributed by atoms with van der Waals surface area (Å²) in [7, 11) is 0. The van der Waals surface area contributed by atoms with Crippen molar-refractivity contribution in [3.8, 4) is 0 Å². The molecule has 3 nitrogen and oxygen atoms in total. The third kappa shape index (κ3) is 7.41. The molecule has 0 saturated carbocycles. The Morgan fingerprint density at radius 3 is 2.33 bits per heavy atom. The van der Waals surface area contributed by atoms with Gasteiger partial charge in [0, 0.05) is 4.88 Å². The molecule has 4 N–H and O–H groups in total. The highest BCUT2D eigenvalue weighted by Crippen LogP contribution is 2.25. The predicted molar refractivity (Wildman–Crippen MR) is 90.7 cm³/mol. The van der Waals surface area contributed by atoms with E-state index >= 15 is 0 Å². The van der Waals surface area contributed by atoms with Gasteiger partial charge in [-0.05, 0) is 29.9 Å². The summed E-state index contributed by atoms with van der Waals surface area (Å²) in [6.45, 7) is 2.06. The minimum absolute atomic E-state index is 0.188. The van der Waals surface area contributed by atoms with E-state index in [0.29, 0.717) is 0 Å². The lowest BCUT2D eigenvalue weighted by Crippen LogP contribution is -2.31. The summed E-state index contributed by atoms with van der Waals surface area (Å²) in [5.41, 5.74) is 6.94. The highest BCUT2D eigenvalue weighted by Gasteiger charge is 2.17. The first-order valence-electron chi connectivity index (χ1n) is 8.30. The normalized spacial score (nSPS) is 14.3. The lowest BCUT2D eigenvalue weighted by atomic mass is 10.0. The Morgan fingerprint density at radius 2 is 1.71 bits per heavy atom. The van der Waals surface area contributed by atoms with Crippen molar-refractivity contribution in [2.24, 2.45) is 5.73 Å². The van der Waals surface area contributed by atoms with Crippen LogP contribution < -0.4 is 5.73 Å². The van der Waals surface area contributed by atoms with Crippen LogP contribution in [0.2, 0.25) is 0 Å². The van der Waals surface area contributed by atoms with Crippen LogP contribution in [0.4, 0.5) is 0 Å². The van der Waals surface area contributed by atoms with Crippen molar-refractivity contribution in [2.45, 2.75) is 76.9 Å². The van der Waals surface area contributed by atoms with E-state index in [9.17, 15) is 5.11 Å². The minimum atomic E-state index is -0.743. The van der Waals surface area contributed by atoms with Crippen LogP contribution >= 0.6 is 11.3 Å². The average molecular weight is 314 g/mol. The van der Waals surface area contributed by atoms with Gasteiger partial charge < -0.3 is 15.9 Å². The number of aliphatic hydroxyl groups is 2. The van der Waals surface area contributed by atoms with E-state index in [1.165, 1.54) is 68.3 Å². The van der Waals surface area contributed by atoms with E-state index < -0.39 is 12.1 Å². The van der Waals surface area contributed by atoms with E-state index in [4.69, 9.17) is 10.8 Å². The zero-order chi connectivity index (χ0) is 15.5. The molecule has 2 atom stereocenters. The molecule has 0 aliphatic heterocycles. The van der Waals surface area contributed by atoms with Crippen molar-refractivity contribution < 1.29 is 10.2 Å². The maximum Gasteiger partial charge on any atom is 0.105 e. The van der Waals surface area contributed by atoms with E-state index in [1.807, 2.05) is 6.07 Å². The second-order valence-electron chi connectivity index (χ2n) is 5.87. The van der Waals surface area contributed by atoms with Crippen LogP contribution in [0.1, 0.15) is 74.8 Å². The fourth-order valence-corrected chi connectivity index (χ4v) is 3.46. The van der Waals surface area contributed by atoms with Crippen LogP contribution in [-0.2, 0) is 6.42 Å². The molecular weight excluding hydrogens is 282 g/mol. The van der Waals surface area contributed by atoms with Crippen LogP contribution in [0.25, 0.3) is 0 Å². The molecule has 0 aromatic carbocycles. The van der Waals surface area contributed by atoms with Crippen molar-refractivity contribution in [1.82, 2.24) is 0 Å². The zero-order valence-electron chi connectivity index (χ0n) is 13.3. The van der Waals surface area contributed by atoms with Gasteiger partial charge in [0.15, 0.2) is 0 Å². The van der Waals surface area contributed by atoms with Gasteiger partial charge in [-0.2, -0.15) is 0 Å². The lowest BCUT2D eigenvalue weighted by molar-refractivity contribution is 0.112. The standard InChI is InChI=1S/C17H31NO2S/c1-2-3-4-5-6-7-8-9-10-14-11-16(21-13-14)17(20)15(18)12-19/h11,13,15,17,19-20H,2-10,12,18H2,1H3. The Labute approximate surface area is 133 Å². The second-order valence-corrected chi connectivity index (χ2v) is 6.82. The summed E-state index contributed by atoms with van der Waals surface area (Å²) < 4.78 is 0. The van der Waals surface area contributed by atoms with Gasteiger partial charge in [-0.15, -0.1) is 11.3 Å². The van der Waals surface area contributed by atoms with E-state index in [-0.39, 0.29) is 6.61 Å². The fraction of sp³-hybridized carbons (Fsp3) is 0.765. The Hall–Kier alpha value is -0.420. The van der Waals surface area contributed by atoms with Crippen LogP contribution in [0.15, 0.2) is 11.4 Å². The van der Waals surface area contributed by atoms with Gasteiger partial charge in [0.1, 0.15) is 6.10 Å². The molecule has 0 saturated heterocycles. The van der Waals surface area contributed by atoms with E-state index in [2.05, 4.69) is 12.3 Å². The van der Waals surface area contributed by atoms with Gasteiger partial charge in [-0.3, -0.25) is 0 Å². The quantitative estimate of drug-likeness (QED) is 0.514. The Morgan fingerprint density at radius 1 is 1.10 bits per heavy atom. The van der Waals surface area contributed by atoms with Crippen LogP contribution in [0.5, 0.6) is 0 Å². The topological polar surface area (TPSA) is 66.5 Å². The van der Waals surface area contributed by atoms with E-state index in [0.717, 1.165) is 11.3 Å². The third-order valence-electron chi connectivity index (χ3n) is 3.90. The minimum Gasteiger partial charge on any atom is -0.395 e. The van der Waals surface area contributed by atoms with Gasteiger partial charge >= 0.3 is 0 Å². The number of thiophene rings is 1. The van der Waals surface area contributed by atoms with Crippen molar-refractivity contribution in [3.05, 3.63) is 21.9 Å². The van der Waals surface area contributed by atoms with Crippen molar-refractivity contribution in [3.63, 3.8) is 0 Å². The Kier molecular flexibility index (Phi) is 9.92. The van der Waals surface area contributed by atoms with E-state index in [1.54, 1.807) is 0 Å². The first-order chi connectivity index (χ1) is 10.2. The summed E-state index contributed by atoms with van der Waals surface area (Å²) in [6, 6.07) is 1.45. The largest absolute Gasteiger partial charge is 0.395 e. The van der Waals surface area contributed by atoms with Gasteiger partial charge in [0.25, 0.3) is 0 Å². The number of nitrogens with two attached hydrogens (primary N) is 1. The predicted octanol–water partition coefficient (Wildman–Crippen LogP) is 3.78. The van der Waals surface area contributed by atoms with Crippen molar-refractivity contribution in [1.29, 1.82) is 0 Å². The highest BCUT2D eigenvalue weighted by atomic mass is 32.1. The Balaban J connectivity index is 2.14. The molecule has 122 valence electrons. The number of unbranched alkanes of at least 4 members (excludes halogenated alkanes) is 7. The molecule has 4 heteroatoms. The molecular formula is C17H31NO2S. The molecule has 2 unspecified atom stereocenters. The van der Waals surface area contributed by atoms with Gasteiger partial charge in [0.2, 0.25) is 0 Å². The highest BCUT2D eigenvalue weighted by molar-refractivity contribution is 7.10. The molecule has 0 aliphatic carbocycles. The Bertz CT molecular complexity index is 367. The van der Waals surface area contributed by atoms with Gasteiger partial charge in [0.05, 0.1) is 12.6 Å². The van der Waals surface area contributed by atoms with Crippen molar-refractivity contribution in [2.75, 3.05) is 6.61 Å².